The van der Waals surface area contributed by atoms with Gasteiger partial charge in [-0.25, -0.2) is 4.39 Å². The van der Waals surface area contributed by atoms with E-state index in [1.807, 2.05) is 0 Å². The van der Waals surface area contributed by atoms with Gasteiger partial charge in [-0.05, 0) is 83.3 Å². The standard InChI is InChI=1S/C28H28F4/c1-2-3-4-5-6-7-19-8-15-24-21(16-19)9-10-22-17-26(27(29)18-25(22)24)20-11-13-23(14-12-20)28(30,31)32/h8,11-18H,2-7,9-10H2,1H3. The van der Waals surface area contributed by atoms with Crippen LogP contribution in [0.25, 0.3) is 22.3 Å². The first-order valence-corrected chi connectivity index (χ1v) is 11.5. The number of alkyl halides is 3. The maximum atomic E-state index is 15.0. The SMILES string of the molecule is CCCCCCCc1ccc2c(c1)CCc1cc(-c3ccc(C(F)(F)F)cc3)c(F)cc1-2. The van der Waals surface area contributed by atoms with Gasteiger partial charge in [0.15, 0.2) is 0 Å². The minimum Gasteiger partial charge on any atom is -0.206 e. The van der Waals surface area contributed by atoms with Gasteiger partial charge in [-0.15, -0.1) is 0 Å². The van der Waals surface area contributed by atoms with E-state index >= 15 is 4.39 Å². The van der Waals surface area contributed by atoms with Gasteiger partial charge in [0.2, 0.25) is 0 Å². The molecule has 3 aromatic rings. The highest BCUT2D eigenvalue weighted by molar-refractivity contribution is 5.78. The monoisotopic (exact) mass is 440 g/mol. The summed E-state index contributed by atoms with van der Waals surface area (Å²) in [5.74, 6) is -0.406. The molecule has 0 heterocycles. The molecule has 0 saturated carbocycles. The Hall–Kier alpha value is -2.62. The van der Waals surface area contributed by atoms with Crippen LogP contribution in [-0.4, -0.2) is 0 Å². The van der Waals surface area contributed by atoms with E-state index in [0.29, 0.717) is 11.1 Å². The Labute approximate surface area is 187 Å². The first kappa shape index (κ1) is 22.6. The molecule has 0 radical (unpaired) electrons. The smallest absolute Gasteiger partial charge is 0.206 e. The quantitative estimate of drug-likeness (QED) is 0.254. The summed E-state index contributed by atoms with van der Waals surface area (Å²) in [6.45, 7) is 2.22. The zero-order valence-electron chi connectivity index (χ0n) is 18.4. The van der Waals surface area contributed by atoms with Crippen molar-refractivity contribution in [2.24, 2.45) is 0 Å². The molecule has 1 aliphatic rings. The second kappa shape index (κ2) is 9.48. The highest BCUT2D eigenvalue weighted by Gasteiger charge is 2.30. The second-order valence-electron chi connectivity index (χ2n) is 8.72. The van der Waals surface area contributed by atoms with Crippen LogP contribution in [0.2, 0.25) is 0 Å². The fraction of sp³-hybridized carbons (Fsp3) is 0.357. The zero-order chi connectivity index (χ0) is 22.7. The van der Waals surface area contributed by atoms with E-state index in [0.717, 1.165) is 48.1 Å². The molecule has 0 fully saturated rings. The number of unbranched alkanes of at least 4 members (excludes halogenated alkanes) is 4. The molecule has 168 valence electrons. The molecule has 4 heteroatoms. The topological polar surface area (TPSA) is 0 Å². The van der Waals surface area contributed by atoms with Crippen LogP contribution in [0.1, 0.15) is 61.3 Å². The highest BCUT2D eigenvalue weighted by Crippen LogP contribution is 2.38. The van der Waals surface area contributed by atoms with Crippen molar-refractivity contribution in [3.8, 4) is 22.3 Å². The Morgan fingerprint density at radius 1 is 0.719 bits per heavy atom. The van der Waals surface area contributed by atoms with E-state index in [2.05, 4.69) is 25.1 Å². The van der Waals surface area contributed by atoms with Crippen molar-refractivity contribution >= 4 is 0 Å². The summed E-state index contributed by atoms with van der Waals surface area (Å²) < 4.78 is 53.5. The lowest BCUT2D eigenvalue weighted by molar-refractivity contribution is -0.137. The van der Waals surface area contributed by atoms with Crippen LogP contribution in [0.3, 0.4) is 0 Å². The molecule has 1 aliphatic carbocycles. The molecule has 0 unspecified atom stereocenters. The average Bonchev–Trinajstić information content (AvgIpc) is 2.78. The highest BCUT2D eigenvalue weighted by atomic mass is 19.4. The van der Waals surface area contributed by atoms with E-state index in [-0.39, 0.29) is 0 Å². The van der Waals surface area contributed by atoms with E-state index in [9.17, 15) is 13.2 Å². The molecular weight excluding hydrogens is 412 g/mol. The van der Waals surface area contributed by atoms with Crippen LogP contribution >= 0.6 is 0 Å². The maximum Gasteiger partial charge on any atom is 0.416 e. The van der Waals surface area contributed by atoms with E-state index in [1.54, 1.807) is 12.1 Å². The van der Waals surface area contributed by atoms with Crippen molar-refractivity contribution in [2.45, 2.75) is 64.5 Å². The van der Waals surface area contributed by atoms with E-state index < -0.39 is 17.6 Å². The molecule has 32 heavy (non-hydrogen) atoms. The lowest BCUT2D eigenvalue weighted by atomic mass is 9.83. The Kier molecular flexibility index (Phi) is 6.68. The number of rotatable bonds is 7. The molecule has 0 aliphatic heterocycles. The summed E-state index contributed by atoms with van der Waals surface area (Å²) in [7, 11) is 0. The first-order valence-electron chi connectivity index (χ1n) is 11.5. The number of fused-ring (bicyclic) bond motifs is 3. The summed E-state index contributed by atoms with van der Waals surface area (Å²) in [5.41, 5.74) is 5.69. The van der Waals surface area contributed by atoms with Crippen LogP contribution in [0.15, 0.2) is 54.6 Å². The van der Waals surface area contributed by atoms with Gasteiger partial charge >= 0.3 is 6.18 Å². The Morgan fingerprint density at radius 3 is 2.09 bits per heavy atom. The third-order valence-electron chi connectivity index (χ3n) is 6.41. The minimum atomic E-state index is -4.40. The first-order chi connectivity index (χ1) is 15.4. The molecule has 0 amide bonds. The predicted molar refractivity (Wildman–Crippen MR) is 122 cm³/mol. The number of halogens is 4. The number of hydrogen-bond donors (Lipinski definition) is 0. The van der Waals surface area contributed by atoms with Gasteiger partial charge in [0.05, 0.1) is 5.56 Å². The van der Waals surface area contributed by atoms with Crippen LogP contribution in [0.5, 0.6) is 0 Å². The van der Waals surface area contributed by atoms with Crippen LogP contribution < -0.4 is 0 Å². The molecule has 0 N–H and O–H groups in total. The van der Waals surface area contributed by atoms with Gasteiger partial charge < -0.3 is 0 Å². The van der Waals surface area contributed by atoms with Crippen molar-refractivity contribution in [3.63, 3.8) is 0 Å². The molecule has 0 atom stereocenters. The summed E-state index contributed by atoms with van der Waals surface area (Å²) >= 11 is 0. The molecule has 0 saturated heterocycles. The predicted octanol–water partition coefficient (Wildman–Crippen LogP) is 8.79. The number of benzene rings is 3. The van der Waals surface area contributed by atoms with Crippen LogP contribution in [0, 0.1) is 5.82 Å². The maximum absolute atomic E-state index is 15.0. The second-order valence-corrected chi connectivity index (χ2v) is 8.72. The molecular formula is C28H28F4. The van der Waals surface area contributed by atoms with Crippen LogP contribution in [-0.2, 0) is 25.4 Å². The van der Waals surface area contributed by atoms with E-state index in [4.69, 9.17) is 0 Å². The van der Waals surface area contributed by atoms with Gasteiger partial charge in [-0.2, -0.15) is 13.2 Å². The number of aryl methyl sites for hydroxylation is 3. The fourth-order valence-corrected chi connectivity index (χ4v) is 4.61. The Bertz CT molecular complexity index is 1080. The fourth-order valence-electron chi connectivity index (χ4n) is 4.61. The van der Waals surface area contributed by atoms with Crippen LogP contribution in [0.4, 0.5) is 17.6 Å². The summed E-state index contributed by atoms with van der Waals surface area (Å²) in [6, 6.07) is 14.6. The lowest BCUT2D eigenvalue weighted by Crippen LogP contribution is -2.06. The van der Waals surface area contributed by atoms with Gasteiger partial charge in [0, 0.05) is 5.56 Å². The molecule has 3 aromatic carbocycles. The van der Waals surface area contributed by atoms with Gasteiger partial charge in [0.1, 0.15) is 5.82 Å². The molecule has 0 bridgehead atoms. The minimum absolute atomic E-state index is 0.352. The largest absolute Gasteiger partial charge is 0.416 e. The molecule has 0 nitrogen and oxygen atoms in total. The lowest BCUT2D eigenvalue weighted by Gasteiger charge is -2.22. The number of hydrogen-bond acceptors (Lipinski definition) is 0. The molecule has 0 aromatic heterocycles. The molecule has 0 spiro atoms. The summed E-state index contributed by atoms with van der Waals surface area (Å²) in [4.78, 5) is 0. The van der Waals surface area contributed by atoms with E-state index in [1.165, 1.54) is 55.4 Å². The Balaban J connectivity index is 1.56. The molecule has 4 rings (SSSR count). The summed E-state index contributed by atoms with van der Waals surface area (Å²) in [6.07, 6.45) is 4.65. The third-order valence-corrected chi connectivity index (χ3v) is 6.41. The Morgan fingerprint density at radius 2 is 1.41 bits per heavy atom. The summed E-state index contributed by atoms with van der Waals surface area (Å²) in [5, 5.41) is 0. The van der Waals surface area contributed by atoms with Gasteiger partial charge in [0.25, 0.3) is 0 Å². The normalized spacial score (nSPS) is 13.0. The van der Waals surface area contributed by atoms with Crippen molar-refractivity contribution in [3.05, 3.63) is 82.7 Å². The zero-order valence-corrected chi connectivity index (χ0v) is 18.4. The third kappa shape index (κ3) is 4.90. The van der Waals surface area contributed by atoms with Crippen molar-refractivity contribution < 1.29 is 17.6 Å². The van der Waals surface area contributed by atoms with Gasteiger partial charge in [-0.3, -0.25) is 0 Å². The van der Waals surface area contributed by atoms with Crippen molar-refractivity contribution in [2.75, 3.05) is 0 Å². The average molecular weight is 441 g/mol. The van der Waals surface area contributed by atoms with Crippen molar-refractivity contribution in [1.82, 2.24) is 0 Å². The van der Waals surface area contributed by atoms with Crippen molar-refractivity contribution in [1.29, 1.82) is 0 Å². The van der Waals surface area contributed by atoms with Gasteiger partial charge in [-0.1, -0.05) is 62.9 Å².